The highest BCUT2D eigenvalue weighted by Gasteiger charge is 2.15. The Hall–Kier alpha value is -2.20. The van der Waals surface area contributed by atoms with Gasteiger partial charge in [0.05, 0.1) is 12.2 Å². The predicted molar refractivity (Wildman–Crippen MR) is 107 cm³/mol. The van der Waals surface area contributed by atoms with E-state index in [-0.39, 0.29) is 5.91 Å². The first-order chi connectivity index (χ1) is 12.7. The van der Waals surface area contributed by atoms with Gasteiger partial charge >= 0.3 is 0 Å². The average molecular weight is 354 g/mol. The number of benzene rings is 1. The summed E-state index contributed by atoms with van der Waals surface area (Å²) in [5, 5.41) is 0. The standard InChI is InChI=1S/C22H31N3O/c1-4-15-24(16-5-2)17-19-10-12-20(13-11-19)22(26)25(6-3)18-21-9-7-8-14-23-21/h7-14H,4-6,15-18H2,1-3H3. The molecule has 2 aromatic rings. The van der Waals surface area contributed by atoms with E-state index in [0.29, 0.717) is 13.1 Å². The highest BCUT2D eigenvalue weighted by atomic mass is 16.2. The van der Waals surface area contributed by atoms with Crippen LogP contribution in [-0.2, 0) is 13.1 Å². The fraction of sp³-hybridized carbons (Fsp3) is 0.455. The molecule has 0 aliphatic carbocycles. The number of amides is 1. The third-order valence-corrected chi connectivity index (χ3v) is 4.43. The number of nitrogens with zero attached hydrogens (tertiary/aromatic N) is 3. The quantitative estimate of drug-likeness (QED) is 0.636. The van der Waals surface area contributed by atoms with Crippen molar-refractivity contribution in [1.82, 2.24) is 14.8 Å². The Morgan fingerprint density at radius 2 is 1.62 bits per heavy atom. The third-order valence-electron chi connectivity index (χ3n) is 4.43. The Balaban J connectivity index is 2.02. The second kappa shape index (κ2) is 10.7. The van der Waals surface area contributed by atoms with Gasteiger partial charge in [0.25, 0.3) is 5.91 Å². The molecule has 0 aliphatic rings. The first-order valence-corrected chi connectivity index (χ1v) is 9.68. The summed E-state index contributed by atoms with van der Waals surface area (Å²) in [5.74, 6) is 0.0590. The van der Waals surface area contributed by atoms with Crippen LogP contribution in [0.25, 0.3) is 0 Å². The van der Waals surface area contributed by atoms with Crippen LogP contribution in [0.5, 0.6) is 0 Å². The molecule has 26 heavy (non-hydrogen) atoms. The Labute approximate surface area is 157 Å². The molecule has 1 aromatic heterocycles. The normalized spacial score (nSPS) is 10.9. The molecule has 4 heteroatoms. The van der Waals surface area contributed by atoms with Gasteiger partial charge in [-0.3, -0.25) is 14.7 Å². The zero-order valence-corrected chi connectivity index (χ0v) is 16.3. The minimum Gasteiger partial charge on any atom is -0.333 e. The lowest BCUT2D eigenvalue weighted by atomic mass is 10.1. The van der Waals surface area contributed by atoms with E-state index in [2.05, 4.69) is 35.9 Å². The zero-order valence-electron chi connectivity index (χ0n) is 16.3. The molecule has 0 fully saturated rings. The van der Waals surface area contributed by atoms with Crippen molar-refractivity contribution < 1.29 is 4.79 Å². The molecule has 4 nitrogen and oxygen atoms in total. The number of aromatic nitrogens is 1. The van der Waals surface area contributed by atoms with Crippen molar-refractivity contribution in [3.8, 4) is 0 Å². The Kier molecular flexibility index (Phi) is 8.29. The Morgan fingerprint density at radius 3 is 2.15 bits per heavy atom. The SMILES string of the molecule is CCCN(CCC)Cc1ccc(C(=O)N(CC)Cc2ccccn2)cc1. The van der Waals surface area contributed by atoms with Crippen molar-refractivity contribution in [1.29, 1.82) is 0 Å². The van der Waals surface area contributed by atoms with Gasteiger partial charge in [0.1, 0.15) is 0 Å². The van der Waals surface area contributed by atoms with E-state index in [1.54, 1.807) is 6.20 Å². The number of hydrogen-bond acceptors (Lipinski definition) is 3. The van der Waals surface area contributed by atoms with Crippen LogP contribution in [0.2, 0.25) is 0 Å². The molecule has 0 bridgehead atoms. The topological polar surface area (TPSA) is 36.4 Å². The minimum atomic E-state index is 0.0590. The van der Waals surface area contributed by atoms with E-state index >= 15 is 0 Å². The van der Waals surface area contributed by atoms with Crippen LogP contribution >= 0.6 is 0 Å². The molecular weight excluding hydrogens is 322 g/mol. The van der Waals surface area contributed by atoms with Gasteiger partial charge in [0.15, 0.2) is 0 Å². The second-order valence-corrected chi connectivity index (χ2v) is 6.61. The zero-order chi connectivity index (χ0) is 18.8. The molecule has 0 saturated heterocycles. The van der Waals surface area contributed by atoms with Gasteiger partial charge in [0, 0.05) is 24.8 Å². The maximum absolute atomic E-state index is 12.8. The van der Waals surface area contributed by atoms with Gasteiger partial charge in [-0.2, -0.15) is 0 Å². The van der Waals surface area contributed by atoms with E-state index in [1.165, 1.54) is 5.56 Å². The number of rotatable bonds is 10. The molecule has 0 radical (unpaired) electrons. The molecule has 0 atom stereocenters. The number of hydrogen-bond donors (Lipinski definition) is 0. The molecule has 0 unspecified atom stereocenters. The molecule has 1 heterocycles. The molecule has 0 spiro atoms. The summed E-state index contributed by atoms with van der Waals surface area (Å²) in [6.45, 7) is 10.8. The van der Waals surface area contributed by atoms with Crippen molar-refractivity contribution in [2.24, 2.45) is 0 Å². The van der Waals surface area contributed by atoms with Gasteiger partial charge in [0.2, 0.25) is 0 Å². The third kappa shape index (κ3) is 5.95. The van der Waals surface area contributed by atoms with E-state index < -0.39 is 0 Å². The number of pyridine rings is 1. The molecule has 140 valence electrons. The first-order valence-electron chi connectivity index (χ1n) is 9.68. The van der Waals surface area contributed by atoms with Crippen LogP contribution < -0.4 is 0 Å². The molecular formula is C22H31N3O. The van der Waals surface area contributed by atoms with E-state index in [1.807, 2.05) is 42.2 Å². The van der Waals surface area contributed by atoms with Gasteiger partial charge in [-0.1, -0.05) is 32.0 Å². The summed E-state index contributed by atoms with van der Waals surface area (Å²) in [4.78, 5) is 21.4. The lowest BCUT2D eigenvalue weighted by Gasteiger charge is -2.22. The summed E-state index contributed by atoms with van der Waals surface area (Å²) >= 11 is 0. The van der Waals surface area contributed by atoms with Crippen molar-refractivity contribution in [3.63, 3.8) is 0 Å². The fourth-order valence-electron chi connectivity index (χ4n) is 3.11. The Morgan fingerprint density at radius 1 is 0.923 bits per heavy atom. The van der Waals surface area contributed by atoms with Crippen LogP contribution in [0.15, 0.2) is 48.7 Å². The van der Waals surface area contributed by atoms with Gasteiger partial charge in [-0.25, -0.2) is 0 Å². The van der Waals surface area contributed by atoms with Gasteiger partial charge in [-0.05, 0) is 62.7 Å². The lowest BCUT2D eigenvalue weighted by molar-refractivity contribution is 0.0750. The number of carbonyl (C=O) groups is 1. The lowest BCUT2D eigenvalue weighted by Crippen LogP contribution is -2.30. The van der Waals surface area contributed by atoms with Crippen molar-refractivity contribution in [2.45, 2.75) is 46.7 Å². The molecule has 0 N–H and O–H groups in total. The predicted octanol–water partition coefficient (Wildman–Crippen LogP) is 4.37. The minimum absolute atomic E-state index is 0.0590. The van der Waals surface area contributed by atoms with E-state index in [4.69, 9.17) is 0 Å². The first kappa shape index (κ1) is 20.1. The van der Waals surface area contributed by atoms with Gasteiger partial charge in [-0.15, -0.1) is 0 Å². The summed E-state index contributed by atoms with van der Waals surface area (Å²) in [6, 6.07) is 13.9. The van der Waals surface area contributed by atoms with Gasteiger partial charge < -0.3 is 4.90 Å². The second-order valence-electron chi connectivity index (χ2n) is 6.61. The smallest absolute Gasteiger partial charge is 0.254 e. The molecule has 2 rings (SSSR count). The fourth-order valence-corrected chi connectivity index (χ4v) is 3.11. The highest BCUT2D eigenvalue weighted by molar-refractivity contribution is 5.94. The molecule has 1 amide bonds. The van der Waals surface area contributed by atoms with Crippen LogP contribution in [0.4, 0.5) is 0 Å². The van der Waals surface area contributed by atoms with E-state index in [9.17, 15) is 4.79 Å². The summed E-state index contributed by atoms with van der Waals surface area (Å²) in [6.07, 6.45) is 4.09. The molecule has 0 saturated carbocycles. The van der Waals surface area contributed by atoms with Crippen molar-refractivity contribution in [3.05, 3.63) is 65.5 Å². The van der Waals surface area contributed by atoms with E-state index in [0.717, 1.165) is 43.7 Å². The van der Waals surface area contributed by atoms with Crippen LogP contribution in [-0.4, -0.2) is 40.3 Å². The molecule has 1 aromatic carbocycles. The molecule has 0 aliphatic heterocycles. The number of carbonyl (C=O) groups excluding carboxylic acids is 1. The highest BCUT2D eigenvalue weighted by Crippen LogP contribution is 2.12. The largest absolute Gasteiger partial charge is 0.333 e. The summed E-state index contributed by atoms with van der Waals surface area (Å²) in [5.41, 5.74) is 2.91. The van der Waals surface area contributed by atoms with Crippen LogP contribution in [0, 0.1) is 0 Å². The maximum Gasteiger partial charge on any atom is 0.254 e. The average Bonchev–Trinajstić information content (AvgIpc) is 2.67. The Bertz CT molecular complexity index is 649. The maximum atomic E-state index is 12.8. The van der Waals surface area contributed by atoms with Crippen molar-refractivity contribution in [2.75, 3.05) is 19.6 Å². The van der Waals surface area contributed by atoms with Crippen LogP contribution in [0.3, 0.4) is 0 Å². The summed E-state index contributed by atoms with van der Waals surface area (Å²) in [7, 11) is 0. The summed E-state index contributed by atoms with van der Waals surface area (Å²) < 4.78 is 0. The van der Waals surface area contributed by atoms with Crippen molar-refractivity contribution >= 4 is 5.91 Å². The monoisotopic (exact) mass is 353 g/mol. The van der Waals surface area contributed by atoms with Crippen LogP contribution in [0.1, 0.15) is 55.2 Å².